The Morgan fingerprint density at radius 1 is 0.306 bits per heavy atom. The molecule has 3 heterocycles. The second-order valence-corrected chi connectivity index (χ2v) is 15.6. The molecule has 0 spiro atoms. The van der Waals surface area contributed by atoms with Gasteiger partial charge in [-0.05, 0) is 82.4 Å². The average Bonchev–Trinajstić information content (AvgIpc) is 3.90. The van der Waals surface area contributed by atoms with Gasteiger partial charge in [-0.15, -0.1) is 0 Å². The molecule has 0 saturated heterocycles. The predicted molar refractivity (Wildman–Crippen MR) is 254 cm³/mol. The minimum absolute atomic E-state index is 0.578. The van der Waals surface area contributed by atoms with Gasteiger partial charge in [0, 0.05) is 49.5 Å². The molecule has 0 aliphatic rings. The molecule has 5 nitrogen and oxygen atoms in total. The van der Waals surface area contributed by atoms with Crippen molar-refractivity contribution in [2.24, 2.45) is 0 Å². The van der Waals surface area contributed by atoms with Crippen molar-refractivity contribution in [3.8, 4) is 73.2 Å². The number of hydrogen-bond donors (Lipinski definition) is 0. The molecule has 0 fully saturated rings. The number of para-hydroxylation sites is 2. The highest BCUT2D eigenvalue weighted by molar-refractivity contribution is 6.13. The highest BCUT2D eigenvalue weighted by atomic mass is 16.3. The Morgan fingerprint density at radius 2 is 0.758 bits per heavy atom. The molecule has 0 amide bonds. The van der Waals surface area contributed by atoms with Crippen molar-refractivity contribution in [1.29, 1.82) is 0 Å². The quantitative estimate of drug-likeness (QED) is 0.161. The lowest BCUT2D eigenvalue weighted by atomic mass is 9.92. The van der Waals surface area contributed by atoms with Crippen molar-refractivity contribution in [2.45, 2.75) is 0 Å². The Hall–Kier alpha value is -8.41. The van der Waals surface area contributed by atoms with Crippen molar-refractivity contribution in [2.75, 3.05) is 0 Å². The molecular formula is C57H36N4O. The fourth-order valence-electron chi connectivity index (χ4n) is 8.86. The Bertz CT molecular complexity index is 3450. The van der Waals surface area contributed by atoms with E-state index in [1.54, 1.807) is 0 Å². The summed E-state index contributed by atoms with van der Waals surface area (Å²) in [6.07, 6.45) is 0. The van der Waals surface area contributed by atoms with Gasteiger partial charge in [0.15, 0.2) is 17.5 Å². The lowest BCUT2D eigenvalue weighted by molar-refractivity contribution is 0.670. The SMILES string of the molecule is c1ccc(-c2cc(-c3ccccc3)cc(-c3cc(-n4c5ccccc5c5ccccc54)cc4c3oc3cc(-c5nc(-c6ccccc6)nc(-c6ccccc6)n5)ccc34)c2)cc1. The van der Waals surface area contributed by atoms with E-state index in [1.807, 2.05) is 60.7 Å². The Morgan fingerprint density at radius 3 is 1.29 bits per heavy atom. The standard InChI is InChI=1S/C57H36N4O/c1-5-17-37(18-6-1)42-31-43(38-19-7-2-8-20-38)33-44(32-42)49-35-45(61-51-27-15-13-25-46(51)47-26-14-16-28-52(47)61)36-50-48-30-29-41(34-53(48)62-54(49)50)57-59-55(39-21-9-3-10-22-39)58-56(60-57)40-23-11-4-12-24-40/h1-36H. The number of hydrogen-bond acceptors (Lipinski definition) is 4. The van der Waals surface area contributed by atoms with Crippen molar-refractivity contribution in [1.82, 2.24) is 19.5 Å². The molecule has 0 bridgehead atoms. The number of aromatic nitrogens is 4. The summed E-state index contributed by atoms with van der Waals surface area (Å²) in [5.74, 6) is 1.81. The largest absolute Gasteiger partial charge is 0.455 e. The third-order valence-electron chi connectivity index (χ3n) is 11.8. The maximum absolute atomic E-state index is 7.09. The molecule has 12 aromatic rings. The summed E-state index contributed by atoms with van der Waals surface area (Å²) >= 11 is 0. The van der Waals surface area contributed by atoms with E-state index in [-0.39, 0.29) is 0 Å². The maximum atomic E-state index is 7.09. The molecule has 0 atom stereocenters. The fraction of sp³-hybridized carbons (Fsp3) is 0. The highest BCUT2D eigenvalue weighted by Gasteiger charge is 2.21. The lowest BCUT2D eigenvalue weighted by Gasteiger charge is -2.14. The molecule has 62 heavy (non-hydrogen) atoms. The van der Waals surface area contributed by atoms with Crippen LogP contribution in [-0.2, 0) is 0 Å². The highest BCUT2D eigenvalue weighted by Crippen LogP contribution is 2.43. The van der Waals surface area contributed by atoms with Crippen LogP contribution in [0.4, 0.5) is 0 Å². The molecule has 0 saturated carbocycles. The van der Waals surface area contributed by atoms with Crippen LogP contribution in [0.5, 0.6) is 0 Å². The van der Waals surface area contributed by atoms with E-state index >= 15 is 0 Å². The third kappa shape index (κ3) is 6.14. The van der Waals surface area contributed by atoms with Crippen molar-refractivity contribution >= 4 is 43.7 Å². The van der Waals surface area contributed by atoms with E-state index in [1.165, 1.54) is 10.8 Å². The molecule has 3 aromatic heterocycles. The summed E-state index contributed by atoms with van der Waals surface area (Å²) in [6, 6.07) is 76.5. The van der Waals surface area contributed by atoms with Gasteiger partial charge < -0.3 is 8.98 Å². The monoisotopic (exact) mass is 792 g/mol. The zero-order valence-corrected chi connectivity index (χ0v) is 33.5. The Labute approximate surface area is 357 Å². The lowest BCUT2D eigenvalue weighted by Crippen LogP contribution is -2.00. The number of nitrogens with zero attached hydrogens (tertiary/aromatic N) is 4. The van der Waals surface area contributed by atoms with Crippen LogP contribution >= 0.6 is 0 Å². The molecule has 12 rings (SSSR count). The van der Waals surface area contributed by atoms with Crippen LogP contribution in [0.1, 0.15) is 0 Å². The molecule has 9 aromatic carbocycles. The van der Waals surface area contributed by atoms with E-state index in [4.69, 9.17) is 19.4 Å². The molecule has 0 N–H and O–H groups in total. The van der Waals surface area contributed by atoms with Gasteiger partial charge in [-0.3, -0.25) is 0 Å². The zero-order chi connectivity index (χ0) is 41.0. The first kappa shape index (κ1) is 35.5. The second-order valence-electron chi connectivity index (χ2n) is 15.6. The minimum atomic E-state index is 0.578. The smallest absolute Gasteiger partial charge is 0.164 e. The number of rotatable bonds is 7. The van der Waals surface area contributed by atoms with E-state index in [0.29, 0.717) is 17.5 Å². The van der Waals surface area contributed by atoms with Crippen LogP contribution in [0.2, 0.25) is 0 Å². The summed E-state index contributed by atoms with van der Waals surface area (Å²) in [6.45, 7) is 0. The molecular weight excluding hydrogens is 757 g/mol. The van der Waals surface area contributed by atoms with E-state index in [9.17, 15) is 0 Å². The summed E-state index contributed by atoms with van der Waals surface area (Å²) in [7, 11) is 0. The average molecular weight is 793 g/mol. The molecule has 5 heteroatoms. The van der Waals surface area contributed by atoms with Crippen molar-refractivity contribution in [3.63, 3.8) is 0 Å². The summed E-state index contributed by atoms with van der Waals surface area (Å²) in [4.78, 5) is 15.0. The molecule has 0 unspecified atom stereocenters. The van der Waals surface area contributed by atoms with Crippen LogP contribution in [0.3, 0.4) is 0 Å². The van der Waals surface area contributed by atoms with E-state index < -0.39 is 0 Å². The van der Waals surface area contributed by atoms with Crippen molar-refractivity contribution in [3.05, 3.63) is 218 Å². The minimum Gasteiger partial charge on any atom is -0.455 e. The maximum Gasteiger partial charge on any atom is 0.164 e. The van der Waals surface area contributed by atoms with Crippen molar-refractivity contribution < 1.29 is 4.42 Å². The molecule has 0 aliphatic carbocycles. The first-order valence-electron chi connectivity index (χ1n) is 20.8. The zero-order valence-electron chi connectivity index (χ0n) is 33.5. The molecule has 0 aliphatic heterocycles. The Balaban J connectivity index is 1.12. The van der Waals surface area contributed by atoms with Crippen LogP contribution in [-0.4, -0.2) is 19.5 Å². The summed E-state index contributed by atoms with van der Waals surface area (Å²) < 4.78 is 9.48. The van der Waals surface area contributed by atoms with Gasteiger partial charge in [-0.1, -0.05) is 164 Å². The fourth-order valence-corrected chi connectivity index (χ4v) is 8.86. The van der Waals surface area contributed by atoms with Gasteiger partial charge in [0.2, 0.25) is 0 Å². The van der Waals surface area contributed by atoms with E-state index in [2.05, 4.69) is 162 Å². The first-order chi connectivity index (χ1) is 30.7. The van der Waals surface area contributed by atoms with Crippen LogP contribution < -0.4 is 0 Å². The van der Waals surface area contributed by atoms with Gasteiger partial charge in [-0.25, -0.2) is 15.0 Å². The normalized spacial score (nSPS) is 11.5. The van der Waals surface area contributed by atoms with Gasteiger partial charge >= 0.3 is 0 Å². The first-order valence-corrected chi connectivity index (χ1v) is 20.8. The van der Waals surface area contributed by atoms with Crippen LogP contribution in [0, 0.1) is 0 Å². The third-order valence-corrected chi connectivity index (χ3v) is 11.8. The summed E-state index contributed by atoms with van der Waals surface area (Å²) in [5, 5.41) is 4.46. The van der Waals surface area contributed by atoms with Gasteiger partial charge in [0.05, 0.1) is 11.0 Å². The van der Waals surface area contributed by atoms with Gasteiger partial charge in [0.1, 0.15) is 11.2 Å². The predicted octanol–water partition coefficient (Wildman–Crippen LogP) is 14.9. The van der Waals surface area contributed by atoms with Crippen LogP contribution in [0.25, 0.3) is 117 Å². The second kappa shape index (κ2) is 14.7. The number of fused-ring (bicyclic) bond motifs is 6. The summed E-state index contributed by atoms with van der Waals surface area (Å²) in [5.41, 5.74) is 14.3. The number of furan rings is 1. The van der Waals surface area contributed by atoms with Crippen LogP contribution in [0.15, 0.2) is 223 Å². The Kier molecular flexibility index (Phi) is 8.42. The topological polar surface area (TPSA) is 56.7 Å². The molecule has 290 valence electrons. The van der Waals surface area contributed by atoms with E-state index in [0.717, 1.165) is 88.7 Å². The van der Waals surface area contributed by atoms with Gasteiger partial charge in [0.25, 0.3) is 0 Å². The molecule has 0 radical (unpaired) electrons. The number of benzene rings is 9. The van der Waals surface area contributed by atoms with Gasteiger partial charge in [-0.2, -0.15) is 0 Å².